The summed E-state index contributed by atoms with van der Waals surface area (Å²) in [5.41, 5.74) is 0.266. The average molecular weight is 127 g/mol. The molecule has 0 heterocycles. The van der Waals surface area contributed by atoms with E-state index in [0.717, 1.165) is 6.29 Å². The monoisotopic (exact) mass is 127 g/mol. The van der Waals surface area contributed by atoms with E-state index >= 15 is 0 Å². The molecular formula is C7H13NO. The lowest BCUT2D eigenvalue weighted by molar-refractivity contribution is -0.109. The fourth-order valence-corrected chi connectivity index (χ4v) is 1.13. The molecule has 0 aliphatic heterocycles. The number of carbonyl (C=O) groups is 1. The summed E-state index contributed by atoms with van der Waals surface area (Å²) in [4.78, 5) is 12.3. The number of hydrogen-bond donors (Lipinski definition) is 0. The molecule has 52 valence electrons. The normalized spacial score (nSPS) is 22.1. The highest BCUT2D eigenvalue weighted by Crippen LogP contribution is 2.42. The molecule has 1 fully saturated rings. The topological polar surface area (TPSA) is 20.3 Å². The summed E-state index contributed by atoms with van der Waals surface area (Å²) in [5.74, 6) is 0. The molecule has 0 unspecified atom stereocenters. The second kappa shape index (κ2) is 2.10. The van der Waals surface area contributed by atoms with Crippen LogP contribution in [0.3, 0.4) is 0 Å². The first-order valence-corrected chi connectivity index (χ1v) is 3.32. The summed E-state index contributed by atoms with van der Waals surface area (Å²) in [5, 5.41) is 0. The Morgan fingerprint density at radius 3 is 2.22 bits per heavy atom. The summed E-state index contributed by atoms with van der Waals surface area (Å²) in [6.45, 7) is 0. The van der Waals surface area contributed by atoms with Crippen molar-refractivity contribution < 1.29 is 4.79 Å². The molecule has 0 amide bonds. The predicted molar refractivity (Wildman–Crippen MR) is 36.3 cm³/mol. The van der Waals surface area contributed by atoms with Crippen molar-refractivity contribution in [3.05, 3.63) is 0 Å². The third-order valence-corrected chi connectivity index (χ3v) is 2.24. The van der Waals surface area contributed by atoms with Crippen LogP contribution >= 0.6 is 0 Å². The average Bonchev–Trinajstić information content (AvgIpc) is 2.49. The highest BCUT2D eigenvalue weighted by molar-refractivity contribution is 5.53. The van der Waals surface area contributed by atoms with Crippen LogP contribution in [0, 0.1) is 0 Å². The van der Waals surface area contributed by atoms with Gasteiger partial charge in [-0.3, -0.25) is 0 Å². The van der Waals surface area contributed by atoms with Crippen molar-refractivity contribution in [1.82, 2.24) is 4.90 Å². The molecule has 1 rings (SSSR count). The Balaban J connectivity index is 2.42. The van der Waals surface area contributed by atoms with Crippen LogP contribution in [0.2, 0.25) is 0 Å². The van der Waals surface area contributed by atoms with Gasteiger partial charge in [0.05, 0.1) is 0 Å². The van der Waals surface area contributed by atoms with E-state index in [1.54, 1.807) is 0 Å². The summed E-state index contributed by atoms with van der Waals surface area (Å²) in [6, 6.07) is 0. The lowest BCUT2D eigenvalue weighted by atomic mass is 10.2. The van der Waals surface area contributed by atoms with E-state index in [1.165, 1.54) is 12.8 Å². The van der Waals surface area contributed by atoms with Gasteiger partial charge in [0.1, 0.15) is 6.29 Å². The van der Waals surface area contributed by atoms with Gasteiger partial charge in [0, 0.05) is 12.0 Å². The van der Waals surface area contributed by atoms with Gasteiger partial charge < -0.3 is 9.69 Å². The zero-order valence-electron chi connectivity index (χ0n) is 6.05. The first-order chi connectivity index (χ1) is 4.21. The second-order valence-corrected chi connectivity index (χ2v) is 2.99. The van der Waals surface area contributed by atoms with Gasteiger partial charge in [-0.15, -0.1) is 0 Å². The van der Waals surface area contributed by atoms with Crippen LogP contribution < -0.4 is 0 Å². The molecule has 0 aromatic rings. The number of nitrogens with zero attached hydrogens (tertiary/aromatic N) is 1. The van der Waals surface area contributed by atoms with E-state index in [-0.39, 0.29) is 5.54 Å². The lowest BCUT2D eigenvalue weighted by Gasteiger charge is -2.20. The number of aldehydes is 1. The maximum atomic E-state index is 10.1. The molecule has 1 saturated carbocycles. The quantitative estimate of drug-likeness (QED) is 0.519. The highest BCUT2D eigenvalue weighted by Gasteiger charge is 2.43. The zero-order chi connectivity index (χ0) is 6.91. The van der Waals surface area contributed by atoms with Crippen molar-refractivity contribution in [2.45, 2.75) is 24.8 Å². The smallest absolute Gasteiger partial charge is 0.121 e. The van der Waals surface area contributed by atoms with Gasteiger partial charge in [0.2, 0.25) is 0 Å². The van der Waals surface area contributed by atoms with E-state index in [2.05, 4.69) is 4.90 Å². The van der Waals surface area contributed by atoms with Gasteiger partial charge in [-0.05, 0) is 26.9 Å². The van der Waals surface area contributed by atoms with Crippen LogP contribution in [0.25, 0.3) is 0 Å². The van der Waals surface area contributed by atoms with E-state index in [9.17, 15) is 4.79 Å². The predicted octanol–water partition coefficient (Wildman–Crippen LogP) is 0.670. The summed E-state index contributed by atoms with van der Waals surface area (Å²) in [7, 11) is 4.08. The Hall–Kier alpha value is -0.370. The van der Waals surface area contributed by atoms with Gasteiger partial charge in [-0.1, -0.05) is 0 Å². The van der Waals surface area contributed by atoms with Crippen molar-refractivity contribution in [1.29, 1.82) is 0 Å². The molecule has 0 aromatic heterocycles. The van der Waals surface area contributed by atoms with Crippen LogP contribution in [-0.2, 0) is 4.79 Å². The van der Waals surface area contributed by atoms with Crippen LogP contribution in [0.4, 0.5) is 0 Å². The van der Waals surface area contributed by atoms with E-state index < -0.39 is 0 Å². The minimum absolute atomic E-state index is 0.266. The van der Waals surface area contributed by atoms with Gasteiger partial charge in [-0.25, -0.2) is 0 Å². The number of rotatable bonds is 3. The van der Waals surface area contributed by atoms with Crippen molar-refractivity contribution in [3.8, 4) is 0 Å². The van der Waals surface area contributed by atoms with Crippen molar-refractivity contribution in [3.63, 3.8) is 0 Å². The molecule has 1 aliphatic carbocycles. The molecule has 0 radical (unpaired) electrons. The van der Waals surface area contributed by atoms with Crippen LogP contribution in [0.5, 0.6) is 0 Å². The standard InChI is InChI=1S/C7H13NO/c1-8(2)7(3-4-7)5-6-9/h6H,3-5H2,1-2H3. The second-order valence-electron chi connectivity index (χ2n) is 2.99. The molecule has 0 spiro atoms. The van der Waals surface area contributed by atoms with Crippen LogP contribution in [0.15, 0.2) is 0 Å². The molecule has 1 aliphatic rings. The Morgan fingerprint density at radius 2 is 2.11 bits per heavy atom. The minimum atomic E-state index is 0.266. The Morgan fingerprint density at radius 1 is 1.56 bits per heavy atom. The van der Waals surface area contributed by atoms with E-state index in [1.807, 2.05) is 14.1 Å². The van der Waals surface area contributed by atoms with Gasteiger partial charge >= 0.3 is 0 Å². The molecule has 0 atom stereocenters. The van der Waals surface area contributed by atoms with Crippen LogP contribution in [0.1, 0.15) is 19.3 Å². The maximum Gasteiger partial charge on any atom is 0.121 e. The molecule has 0 aromatic carbocycles. The van der Waals surface area contributed by atoms with Gasteiger partial charge in [-0.2, -0.15) is 0 Å². The Kier molecular flexibility index (Phi) is 1.58. The molecule has 0 bridgehead atoms. The van der Waals surface area contributed by atoms with Gasteiger partial charge in [0.25, 0.3) is 0 Å². The van der Waals surface area contributed by atoms with Crippen LogP contribution in [-0.4, -0.2) is 30.8 Å². The highest BCUT2D eigenvalue weighted by atomic mass is 16.1. The largest absolute Gasteiger partial charge is 0.303 e. The zero-order valence-corrected chi connectivity index (χ0v) is 6.05. The molecule has 9 heavy (non-hydrogen) atoms. The fourth-order valence-electron chi connectivity index (χ4n) is 1.13. The first-order valence-electron chi connectivity index (χ1n) is 3.32. The van der Waals surface area contributed by atoms with Crippen molar-refractivity contribution >= 4 is 6.29 Å². The molecule has 2 nitrogen and oxygen atoms in total. The lowest BCUT2D eigenvalue weighted by Crippen LogP contribution is -2.30. The summed E-state index contributed by atoms with van der Waals surface area (Å²) >= 11 is 0. The number of hydrogen-bond acceptors (Lipinski definition) is 2. The summed E-state index contributed by atoms with van der Waals surface area (Å²) in [6.07, 6.45) is 4.12. The number of carbonyl (C=O) groups excluding carboxylic acids is 1. The first kappa shape index (κ1) is 6.75. The van der Waals surface area contributed by atoms with Crippen molar-refractivity contribution in [2.75, 3.05) is 14.1 Å². The maximum absolute atomic E-state index is 10.1. The van der Waals surface area contributed by atoms with E-state index in [4.69, 9.17) is 0 Å². The SMILES string of the molecule is CN(C)C1(CC=O)CC1. The fraction of sp³-hybridized carbons (Fsp3) is 0.857. The Labute approximate surface area is 55.8 Å². The minimum Gasteiger partial charge on any atom is -0.303 e. The third-order valence-electron chi connectivity index (χ3n) is 2.24. The third kappa shape index (κ3) is 1.13. The molecule has 0 saturated heterocycles. The van der Waals surface area contributed by atoms with E-state index in [0.29, 0.717) is 6.42 Å². The van der Waals surface area contributed by atoms with Gasteiger partial charge in [0.15, 0.2) is 0 Å². The summed E-state index contributed by atoms with van der Waals surface area (Å²) < 4.78 is 0. The Bertz CT molecular complexity index is 116. The molecular weight excluding hydrogens is 114 g/mol. The molecule has 0 N–H and O–H groups in total. The van der Waals surface area contributed by atoms with Crippen molar-refractivity contribution in [2.24, 2.45) is 0 Å². The molecule has 2 heteroatoms.